The lowest BCUT2D eigenvalue weighted by Crippen LogP contribution is -2.07. The number of carbonyl (C=O) groups is 2. The highest BCUT2D eigenvalue weighted by Gasteiger charge is 2.13. The summed E-state index contributed by atoms with van der Waals surface area (Å²) in [5.41, 5.74) is 0.726. The van der Waals surface area contributed by atoms with Crippen molar-refractivity contribution in [3.8, 4) is 0 Å². The molecule has 0 radical (unpaired) electrons. The molecule has 1 rings (SSSR count). The van der Waals surface area contributed by atoms with E-state index >= 15 is 0 Å². The first-order valence-electron chi connectivity index (χ1n) is 4.12. The van der Waals surface area contributed by atoms with Crippen molar-refractivity contribution in [2.24, 2.45) is 0 Å². The minimum atomic E-state index is -0.662. The fourth-order valence-corrected chi connectivity index (χ4v) is 1.25. The van der Waals surface area contributed by atoms with Crippen molar-refractivity contribution in [1.82, 2.24) is 0 Å². The molecular weight excluding hydrogens is 220 g/mol. The fourth-order valence-electron chi connectivity index (χ4n) is 1.14. The average molecular weight is 229 g/mol. The zero-order valence-corrected chi connectivity index (χ0v) is 8.75. The normalized spacial score (nSPS) is 9.80. The molecule has 0 atom stereocenters. The Balaban J connectivity index is 3.25. The van der Waals surface area contributed by atoms with Crippen LogP contribution in [0.4, 0.5) is 0 Å². The van der Waals surface area contributed by atoms with Crippen LogP contribution in [-0.2, 0) is 11.3 Å². The zero-order chi connectivity index (χ0) is 11.4. The molecule has 0 aliphatic rings. The third-order valence-electron chi connectivity index (χ3n) is 1.91. The third-order valence-corrected chi connectivity index (χ3v) is 2.13. The molecule has 0 heterocycles. The SMILES string of the molecule is COC(=O)c1cc(C(=O)Cl)ccc1CO. The van der Waals surface area contributed by atoms with Crippen LogP contribution in [0.2, 0.25) is 0 Å². The number of methoxy groups -OCH3 is 1. The van der Waals surface area contributed by atoms with Crippen LogP contribution in [0, 0.1) is 0 Å². The van der Waals surface area contributed by atoms with Gasteiger partial charge in [0, 0.05) is 5.56 Å². The summed E-state index contributed by atoms with van der Waals surface area (Å²) in [5, 5.41) is 8.30. The molecular formula is C10H9ClO4. The Morgan fingerprint density at radius 2 is 2.13 bits per heavy atom. The van der Waals surface area contributed by atoms with Crippen LogP contribution in [-0.4, -0.2) is 23.4 Å². The Morgan fingerprint density at radius 1 is 1.47 bits per heavy atom. The lowest BCUT2D eigenvalue weighted by atomic mass is 10.1. The van der Waals surface area contributed by atoms with Gasteiger partial charge in [0.1, 0.15) is 0 Å². The summed E-state index contributed by atoms with van der Waals surface area (Å²) in [7, 11) is 1.22. The van der Waals surface area contributed by atoms with E-state index in [9.17, 15) is 9.59 Å². The minimum absolute atomic E-state index is 0.145. The second-order valence-corrected chi connectivity index (χ2v) is 3.14. The smallest absolute Gasteiger partial charge is 0.338 e. The van der Waals surface area contributed by atoms with Gasteiger partial charge >= 0.3 is 5.97 Å². The molecule has 5 heteroatoms. The molecule has 0 bridgehead atoms. The van der Waals surface area contributed by atoms with E-state index in [2.05, 4.69) is 4.74 Å². The van der Waals surface area contributed by atoms with Crippen LogP contribution in [0.25, 0.3) is 0 Å². The van der Waals surface area contributed by atoms with Crippen LogP contribution in [0.3, 0.4) is 0 Å². The fraction of sp³-hybridized carbons (Fsp3) is 0.200. The number of halogens is 1. The van der Waals surface area contributed by atoms with E-state index < -0.39 is 11.2 Å². The van der Waals surface area contributed by atoms with Crippen LogP contribution < -0.4 is 0 Å². The summed E-state index contributed by atoms with van der Waals surface area (Å²) in [5.74, 6) is -0.612. The first-order valence-corrected chi connectivity index (χ1v) is 4.50. The van der Waals surface area contributed by atoms with Gasteiger partial charge in [0.15, 0.2) is 0 Å². The molecule has 0 saturated heterocycles. The predicted molar refractivity (Wildman–Crippen MR) is 53.9 cm³/mol. The van der Waals surface area contributed by atoms with Crippen molar-refractivity contribution < 1.29 is 19.4 Å². The van der Waals surface area contributed by atoms with Gasteiger partial charge in [-0.3, -0.25) is 4.79 Å². The molecule has 0 unspecified atom stereocenters. The summed E-state index contributed by atoms with van der Waals surface area (Å²) < 4.78 is 4.51. The molecule has 0 spiro atoms. The van der Waals surface area contributed by atoms with Crippen LogP contribution in [0.15, 0.2) is 18.2 Å². The summed E-state index contributed by atoms with van der Waals surface area (Å²) in [6, 6.07) is 4.20. The number of aliphatic hydroxyl groups is 1. The van der Waals surface area contributed by atoms with Gasteiger partial charge in [-0.1, -0.05) is 6.07 Å². The number of ether oxygens (including phenoxy) is 1. The van der Waals surface area contributed by atoms with E-state index in [4.69, 9.17) is 16.7 Å². The first-order chi connectivity index (χ1) is 7.10. The number of hydrogen-bond donors (Lipinski definition) is 1. The minimum Gasteiger partial charge on any atom is -0.465 e. The molecule has 15 heavy (non-hydrogen) atoms. The monoisotopic (exact) mass is 228 g/mol. The number of hydrogen-bond acceptors (Lipinski definition) is 4. The Morgan fingerprint density at radius 3 is 2.60 bits per heavy atom. The maximum Gasteiger partial charge on any atom is 0.338 e. The molecule has 1 aromatic carbocycles. The maximum absolute atomic E-state index is 11.3. The molecule has 0 aliphatic heterocycles. The molecule has 0 saturated carbocycles. The van der Waals surface area contributed by atoms with Crippen LogP contribution >= 0.6 is 11.6 Å². The quantitative estimate of drug-likeness (QED) is 0.627. The van der Waals surface area contributed by atoms with Gasteiger partial charge in [0.2, 0.25) is 0 Å². The molecule has 4 nitrogen and oxygen atoms in total. The summed E-state index contributed by atoms with van der Waals surface area (Å²) in [6.45, 7) is -0.304. The van der Waals surface area contributed by atoms with E-state index in [-0.39, 0.29) is 17.7 Å². The van der Waals surface area contributed by atoms with Crippen molar-refractivity contribution >= 4 is 22.8 Å². The number of rotatable bonds is 3. The third kappa shape index (κ3) is 2.55. The molecule has 1 N–H and O–H groups in total. The van der Waals surface area contributed by atoms with E-state index in [1.54, 1.807) is 0 Å². The topological polar surface area (TPSA) is 63.6 Å². The highest BCUT2D eigenvalue weighted by Crippen LogP contribution is 2.15. The van der Waals surface area contributed by atoms with Gasteiger partial charge in [-0.2, -0.15) is 0 Å². The van der Waals surface area contributed by atoms with Crippen molar-refractivity contribution in [3.05, 3.63) is 34.9 Å². The average Bonchev–Trinajstić information content (AvgIpc) is 2.27. The van der Waals surface area contributed by atoms with Crippen LogP contribution in [0.1, 0.15) is 26.3 Å². The number of carbonyl (C=O) groups excluding carboxylic acids is 2. The first kappa shape index (κ1) is 11.7. The van der Waals surface area contributed by atoms with E-state index in [0.717, 1.165) is 0 Å². The lowest BCUT2D eigenvalue weighted by molar-refractivity contribution is 0.0597. The Kier molecular flexibility index (Phi) is 3.82. The van der Waals surface area contributed by atoms with Gasteiger partial charge < -0.3 is 9.84 Å². The number of esters is 1. The second kappa shape index (κ2) is 4.91. The molecule has 0 fully saturated rings. The van der Waals surface area contributed by atoms with Crippen molar-refractivity contribution in [2.75, 3.05) is 7.11 Å². The summed E-state index contributed by atoms with van der Waals surface area (Å²) in [6.07, 6.45) is 0. The van der Waals surface area contributed by atoms with Crippen molar-refractivity contribution in [1.29, 1.82) is 0 Å². The standard InChI is InChI=1S/C10H9ClO4/c1-15-10(14)8-4-6(9(11)13)2-3-7(8)5-12/h2-4,12H,5H2,1H3. The Hall–Kier alpha value is -1.39. The van der Waals surface area contributed by atoms with E-state index in [1.807, 2.05) is 0 Å². The van der Waals surface area contributed by atoms with Gasteiger partial charge in [-0.05, 0) is 29.3 Å². The van der Waals surface area contributed by atoms with Gasteiger partial charge in [-0.15, -0.1) is 0 Å². The van der Waals surface area contributed by atoms with Gasteiger partial charge in [0.25, 0.3) is 5.24 Å². The number of aliphatic hydroxyl groups excluding tert-OH is 1. The van der Waals surface area contributed by atoms with E-state index in [1.165, 1.54) is 25.3 Å². The molecule has 0 aromatic heterocycles. The number of benzene rings is 1. The Labute approximate surface area is 91.4 Å². The van der Waals surface area contributed by atoms with Crippen LogP contribution in [0.5, 0.6) is 0 Å². The Bertz CT molecular complexity index is 400. The zero-order valence-electron chi connectivity index (χ0n) is 7.99. The predicted octanol–water partition coefficient (Wildman–Crippen LogP) is 1.34. The summed E-state index contributed by atoms with van der Waals surface area (Å²) in [4.78, 5) is 22.1. The highest BCUT2D eigenvalue weighted by atomic mass is 35.5. The highest BCUT2D eigenvalue weighted by molar-refractivity contribution is 6.67. The molecule has 0 aliphatic carbocycles. The maximum atomic E-state index is 11.3. The second-order valence-electron chi connectivity index (χ2n) is 2.80. The van der Waals surface area contributed by atoms with Crippen molar-refractivity contribution in [2.45, 2.75) is 6.61 Å². The lowest BCUT2D eigenvalue weighted by Gasteiger charge is -2.06. The molecule has 0 amide bonds. The molecule has 80 valence electrons. The molecule has 1 aromatic rings. The largest absolute Gasteiger partial charge is 0.465 e. The van der Waals surface area contributed by atoms with Crippen molar-refractivity contribution in [3.63, 3.8) is 0 Å². The van der Waals surface area contributed by atoms with Gasteiger partial charge in [0.05, 0.1) is 19.3 Å². The van der Waals surface area contributed by atoms with E-state index in [0.29, 0.717) is 5.56 Å². The summed E-state index contributed by atoms with van der Waals surface area (Å²) >= 11 is 5.27. The van der Waals surface area contributed by atoms with Gasteiger partial charge in [-0.25, -0.2) is 4.79 Å².